The van der Waals surface area contributed by atoms with Gasteiger partial charge in [0.2, 0.25) is 5.91 Å². The van der Waals surface area contributed by atoms with Gasteiger partial charge in [0.1, 0.15) is 5.75 Å². The molecule has 1 saturated carbocycles. The normalized spacial score (nSPS) is 16.1. The van der Waals surface area contributed by atoms with Gasteiger partial charge in [-0.3, -0.25) is 9.36 Å². The third kappa shape index (κ3) is 3.93. The Labute approximate surface area is 146 Å². The zero-order valence-corrected chi connectivity index (χ0v) is 14.9. The highest BCUT2D eigenvalue weighted by Gasteiger charge is 2.22. The first-order chi connectivity index (χ1) is 11.7. The summed E-state index contributed by atoms with van der Waals surface area (Å²) in [6.45, 7) is 1.93. The lowest BCUT2D eigenvalue weighted by Gasteiger charge is -2.16. The van der Waals surface area contributed by atoms with Crippen molar-refractivity contribution in [2.45, 2.75) is 49.1 Å². The second kappa shape index (κ2) is 7.75. The van der Waals surface area contributed by atoms with E-state index in [4.69, 9.17) is 4.74 Å². The fourth-order valence-corrected chi connectivity index (χ4v) is 3.83. The summed E-state index contributed by atoms with van der Waals surface area (Å²) >= 11 is 1.48. The molecule has 6 heteroatoms. The van der Waals surface area contributed by atoms with Crippen LogP contribution in [-0.4, -0.2) is 33.9 Å². The molecule has 24 heavy (non-hydrogen) atoms. The van der Waals surface area contributed by atoms with E-state index in [1.165, 1.54) is 24.6 Å². The third-order valence-electron chi connectivity index (χ3n) is 4.29. The summed E-state index contributed by atoms with van der Waals surface area (Å²) in [7, 11) is 1.65. The second-order valence-electron chi connectivity index (χ2n) is 6.03. The molecule has 1 fully saturated rings. The molecule has 1 aliphatic rings. The van der Waals surface area contributed by atoms with Crippen LogP contribution >= 0.6 is 11.8 Å². The molecule has 0 bridgehead atoms. The van der Waals surface area contributed by atoms with E-state index in [9.17, 15) is 4.79 Å². The van der Waals surface area contributed by atoms with Gasteiger partial charge in [0.05, 0.1) is 18.0 Å². The highest BCUT2D eigenvalue weighted by molar-refractivity contribution is 8.00. The molecule has 3 rings (SSSR count). The van der Waals surface area contributed by atoms with Crippen molar-refractivity contribution >= 4 is 17.7 Å². The Balaban J connectivity index is 1.69. The Kier molecular flexibility index (Phi) is 5.45. The maximum atomic E-state index is 12.4. The monoisotopic (exact) mass is 345 g/mol. The van der Waals surface area contributed by atoms with E-state index in [0.717, 1.165) is 29.4 Å². The maximum absolute atomic E-state index is 12.4. The standard InChI is InChI=1S/C18H23N3O2S/c1-13(17(22)20-14-6-3-4-7-14)24-18-19-10-11-21(18)15-8-5-9-16(12-15)23-2/h5,8-14H,3-4,6-7H2,1-2H3,(H,20,22). The number of nitrogens with zero attached hydrogens (tertiary/aromatic N) is 2. The number of benzene rings is 1. The van der Waals surface area contributed by atoms with Crippen molar-refractivity contribution in [1.82, 2.24) is 14.9 Å². The molecule has 5 nitrogen and oxygen atoms in total. The van der Waals surface area contributed by atoms with Crippen molar-refractivity contribution in [3.8, 4) is 11.4 Å². The molecule has 1 aromatic heterocycles. The number of rotatable bonds is 6. The summed E-state index contributed by atoms with van der Waals surface area (Å²) in [4.78, 5) is 16.8. The highest BCUT2D eigenvalue weighted by atomic mass is 32.2. The molecule has 1 aromatic carbocycles. The van der Waals surface area contributed by atoms with E-state index < -0.39 is 0 Å². The summed E-state index contributed by atoms with van der Waals surface area (Å²) in [6, 6.07) is 8.15. The summed E-state index contributed by atoms with van der Waals surface area (Å²) in [5.74, 6) is 0.885. The predicted molar refractivity (Wildman–Crippen MR) is 95.8 cm³/mol. The smallest absolute Gasteiger partial charge is 0.233 e. The minimum atomic E-state index is -0.183. The van der Waals surface area contributed by atoms with Gasteiger partial charge < -0.3 is 10.1 Å². The predicted octanol–water partition coefficient (Wildman–Crippen LogP) is 3.42. The second-order valence-corrected chi connectivity index (χ2v) is 7.34. The van der Waals surface area contributed by atoms with E-state index >= 15 is 0 Å². The van der Waals surface area contributed by atoms with Crippen LogP contribution in [0.25, 0.3) is 5.69 Å². The zero-order valence-electron chi connectivity index (χ0n) is 14.1. The number of carbonyl (C=O) groups is 1. The molecular weight excluding hydrogens is 322 g/mol. The van der Waals surface area contributed by atoms with Crippen molar-refractivity contribution in [3.05, 3.63) is 36.7 Å². The van der Waals surface area contributed by atoms with E-state index in [-0.39, 0.29) is 11.2 Å². The molecule has 0 radical (unpaired) electrons. The van der Waals surface area contributed by atoms with Gasteiger partial charge in [0, 0.05) is 24.5 Å². The number of ether oxygens (including phenoxy) is 1. The van der Waals surface area contributed by atoms with Crippen molar-refractivity contribution < 1.29 is 9.53 Å². The lowest BCUT2D eigenvalue weighted by atomic mass is 10.2. The van der Waals surface area contributed by atoms with Gasteiger partial charge in [0.25, 0.3) is 0 Å². The average Bonchev–Trinajstić information content (AvgIpc) is 3.26. The largest absolute Gasteiger partial charge is 0.497 e. The SMILES string of the molecule is COc1cccc(-n2ccnc2SC(C)C(=O)NC2CCCC2)c1. The lowest BCUT2D eigenvalue weighted by molar-refractivity contribution is -0.120. The molecule has 2 aromatic rings. The zero-order chi connectivity index (χ0) is 16.9. The van der Waals surface area contributed by atoms with Gasteiger partial charge in [-0.25, -0.2) is 4.98 Å². The van der Waals surface area contributed by atoms with Crippen molar-refractivity contribution in [2.24, 2.45) is 0 Å². The average molecular weight is 345 g/mol. The van der Waals surface area contributed by atoms with Gasteiger partial charge in [0.15, 0.2) is 5.16 Å². The van der Waals surface area contributed by atoms with Gasteiger partial charge >= 0.3 is 0 Å². The summed E-state index contributed by atoms with van der Waals surface area (Å²) < 4.78 is 7.26. The molecule has 0 saturated heterocycles. The first-order valence-corrected chi connectivity index (χ1v) is 9.20. The minimum Gasteiger partial charge on any atom is -0.497 e. The van der Waals surface area contributed by atoms with E-state index in [1.807, 2.05) is 42.0 Å². The first kappa shape index (κ1) is 16.9. The van der Waals surface area contributed by atoms with Crippen LogP contribution in [0.15, 0.2) is 41.8 Å². The van der Waals surface area contributed by atoms with Crippen LogP contribution in [0.4, 0.5) is 0 Å². The summed E-state index contributed by atoms with van der Waals surface area (Å²) in [5, 5.41) is 3.77. The minimum absolute atomic E-state index is 0.0899. The molecule has 1 atom stereocenters. The topological polar surface area (TPSA) is 56.2 Å². The molecule has 1 heterocycles. The third-order valence-corrected chi connectivity index (χ3v) is 5.37. The number of methoxy groups -OCH3 is 1. The Bertz CT molecular complexity index is 695. The van der Waals surface area contributed by atoms with Crippen molar-refractivity contribution in [3.63, 3.8) is 0 Å². The Hall–Kier alpha value is -1.95. The van der Waals surface area contributed by atoms with Crippen molar-refractivity contribution in [2.75, 3.05) is 7.11 Å². The molecular formula is C18H23N3O2S. The quantitative estimate of drug-likeness (QED) is 0.815. The number of amides is 1. The number of imidazole rings is 1. The van der Waals surface area contributed by atoms with Crippen LogP contribution in [-0.2, 0) is 4.79 Å². The van der Waals surface area contributed by atoms with Gasteiger partial charge in [-0.05, 0) is 31.9 Å². The maximum Gasteiger partial charge on any atom is 0.233 e. The number of nitrogens with one attached hydrogen (secondary N) is 1. The molecule has 0 spiro atoms. The van der Waals surface area contributed by atoms with Gasteiger partial charge in [-0.2, -0.15) is 0 Å². The van der Waals surface area contributed by atoms with E-state index in [1.54, 1.807) is 13.3 Å². The van der Waals surface area contributed by atoms with Crippen LogP contribution in [0.3, 0.4) is 0 Å². The fourth-order valence-electron chi connectivity index (χ4n) is 2.93. The van der Waals surface area contributed by atoms with E-state index in [2.05, 4.69) is 10.3 Å². The molecule has 128 valence electrons. The van der Waals surface area contributed by atoms with Crippen LogP contribution in [0.1, 0.15) is 32.6 Å². The lowest BCUT2D eigenvalue weighted by Crippen LogP contribution is -2.37. The fraction of sp³-hybridized carbons (Fsp3) is 0.444. The number of aromatic nitrogens is 2. The molecule has 1 amide bonds. The number of hydrogen-bond donors (Lipinski definition) is 1. The van der Waals surface area contributed by atoms with Crippen LogP contribution < -0.4 is 10.1 Å². The van der Waals surface area contributed by atoms with Crippen LogP contribution in [0.2, 0.25) is 0 Å². The van der Waals surface area contributed by atoms with Crippen LogP contribution in [0, 0.1) is 0 Å². The van der Waals surface area contributed by atoms with Crippen LogP contribution in [0.5, 0.6) is 5.75 Å². The Morgan fingerprint density at radius 3 is 2.96 bits per heavy atom. The molecule has 0 aliphatic heterocycles. The molecule has 1 unspecified atom stereocenters. The van der Waals surface area contributed by atoms with E-state index in [0.29, 0.717) is 6.04 Å². The van der Waals surface area contributed by atoms with Crippen molar-refractivity contribution in [1.29, 1.82) is 0 Å². The summed E-state index contributed by atoms with van der Waals surface area (Å²) in [6.07, 6.45) is 8.28. The molecule has 1 aliphatic carbocycles. The first-order valence-electron chi connectivity index (χ1n) is 8.32. The number of carbonyl (C=O) groups excluding carboxylic acids is 1. The highest BCUT2D eigenvalue weighted by Crippen LogP contribution is 2.27. The number of thioether (sulfide) groups is 1. The Morgan fingerprint density at radius 2 is 2.21 bits per heavy atom. The Morgan fingerprint density at radius 1 is 1.42 bits per heavy atom. The van der Waals surface area contributed by atoms with Gasteiger partial charge in [-0.15, -0.1) is 0 Å². The summed E-state index contributed by atoms with van der Waals surface area (Å²) in [5.41, 5.74) is 0.970. The van der Waals surface area contributed by atoms with Gasteiger partial charge in [-0.1, -0.05) is 30.7 Å². The molecule has 1 N–H and O–H groups in total. The number of hydrogen-bond acceptors (Lipinski definition) is 4.